The van der Waals surface area contributed by atoms with E-state index in [1.54, 1.807) is 12.3 Å². The molecule has 0 aliphatic heterocycles. The zero-order chi connectivity index (χ0) is 19.7. The van der Waals surface area contributed by atoms with Gasteiger partial charge >= 0.3 is 0 Å². The molecule has 4 rings (SSSR count). The molecular weight excluding hydrogens is 352 g/mol. The van der Waals surface area contributed by atoms with Crippen molar-refractivity contribution in [2.75, 3.05) is 0 Å². The van der Waals surface area contributed by atoms with Crippen LogP contribution in [0.3, 0.4) is 0 Å². The summed E-state index contributed by atoms with van der Waals surface area (Å²) in [6.07, 6.45) is 1.73. The lowest BCUT2D eigenvalue weighted by molar-refractivity contribution is 0.300. The van der Waals surface area contributed by atoms with E-state index < -0.39 is 0 Å². The summed E-state index contributed by atoms with van der Waals surface area (Å²) in [7, 11) is 1.90. The molecule has 0 aliphatic rings. The molecule has 6 nitrogen and oxygen atoms in total. The predicted molar refractivity (Wildman–Crippen MR) is 109 cm³/mol. The van der Waals surface area contributed by atoms with Gasteiger partial charge in [-0.3, -0.25) is 4.79 Å². The lowest BCUT2D eigenvalue weighted by Gasteiger charge is -2.12. The highest BCUT2D eigenvalue weighted by Gasteiger charge is 2.11. The lowest BCUT2D eigenvalue weighted by atomic mass is 10.1. The summed E-state index contributed by atoms with van der Waals surface area (Å²) in [4.78, 5) is 12.5. The van der Waals surface area contributed by atoms with Crippen molar-refractivity contribution >= 4 is 11.0 Å². The Bertz CT molecular complexity index is 1190. The van der Waals surface area contributed by atoms with E-state index in [1.807, 2.05) is 52.7 Å². The highest BCUT2D eigenvalue weighted by molar-refractivity contribution is 5.76. The Morgan fingerprint density at radius 1 is 1.04 bits per heavy atom. The van der Waals surface area contributed by atoms with Crippen molar-refractivity contribution in [1.29, 1.82) is 0 Å². The first kappa shape index (κ1) is 18.0. The van der Waals surface area contributed by atoms with Crippen LogP contribution >= 0.6 is 0 Å². The molecule has 0 saturated heterocycles. The molecule has 0 atom stereocenters. The molecule has 0 bridgehead atoms. The van der Waals surface area contributed by atoms with Gasteiger partial charge in [0.05, 0.1) is 18.3 Å². The number of fused-ring (bicyclic) bond motifs is 1. The summed E-state index contributed by atoms with van der Waals surface area (Å²) in [5.74, 6) is 0.338. The molecule has 0 unspecified atom stereocenters. The van der Waals surface area contributed by atoms with Gasteiger partial charge in [-0.25, -0.2) is 4.68 Å². The van der Waals surface area contributed by atoms with E-state index in [0.29, 0.717) is 18.9 Å². The second-order valence-corrected chi connectivity index (χ2v) is 7.05. The standard InChI is InChI=1S/C22H22N4O2/c1-15-9-19-20(10-16(15)2)26(24-23-19)12-18-11-21(27)22(13-25(18)3)28-14-17-7-5-4-6-8-17/h4-11,13H,12,14H2,1-3H3. The molecule has 0 aliphatic carbocycles. The smallest absolute Gasteiger partial charge is 0.223 e. The fraction of sp³-hybridized carbons (Fsp3) is 0.227. The van der Waals surface area contributed by atoms with E-state index in [9.17, 15) is 4.79 Å². The molecule has 0 N–H and O–H groups in total. The van der Waals surface area contributed by atoms with Crippen LogP contribution in [0, 0.1) is 13.8 Å². The van der Waals surface area contributed by atoms with Gasteiger partial charge in [0, 0.05) is 18.8 Å². The molecule has 2 heterocycles. The normalized spacial score (nSPS) is 11.1. The first-order valence-electron chi connectivity index (χ1n) is 9.18. The molecule has 0 amide bonds. The highest BCUT2D eigenvalue weighted by atomic mass is 16.5. The van der Waals surface area contributed by atoms with Gasteiger partial charge in [0.15, 0.2) is 5.75 Å². The molecular formula is C22H22N4O2. The third-order valence-electron chi connectivity index (χ3n) is 4.98. The summed E-state index contributed by atoms with van der Waals surface area (Å²) in [6, 6.07) is 15.5. The van der Waals surface area contributed by atoms with E-state index in [0.717, 1.165) is 22.3 Å². The number of aryl methyl sites for hydroxylation is 3. The zero-order valence-electron chi connectivity index (χ0n) is 16.2. The second kappa shape index (κ2) is 7.31. The minimum atomic E-state index is -0.138. The third-order valence-corrected chi connectivity index (χ3v) is 4.98. The molecule has 0 saturated carbocycles. The van der Waals surface area contributed by atoms with Crippen LogP contribution in [-0.2, 0) is 20.2 Å². The molecule has 0 spiro atoms. The Balaban J connectivity index is 1.58. The number of hydrogen-bond donors (Lipinski definition) is 0. The number of aromatic nitrogens is 4. The van der Waals surface area contributed by atoms with Crippen LogP contribution < -0.4 is 10.2 Å². The Hall–Kier alpha value is -3.41. The van der Waals surface area contributed by atoms with Crippen molar-refractivity contribution in [3.05, 3.63) is 87.3 Å². The summed E-state index contributed by atoms with van der Waals surface area (Å²) in [6.45, 7) is 4.96. The van der Waals surface area contributed by atoms with Crippen molar-refractivity contribution < 1.29 is 4.74 Å². The Labute approximate surface area is 163 Å². The Morgan fingerprint density at radius 3 is 2.57 bits per heavy atom. The van der Waals surface area contributed by atoms with Gasteiger partial charge in [-0.05, 0) is 42.7 Å². The van der Waals surface area contributed by atoms with Crippen molar-refractivity contribution in [3.8, 4) is 5.75 Å². The monoisotopic (exact) mass is 374 g/mol. The van der Waals surface area contributed by atoms with Crippen LogP contribution in [0.1, 0.15) is 22.4 Å². The maximum absolute atomic E-state index is 12.5. The number of benzene rings is 2. The van der Waals surface area contributed by atoms with Gasteiger partial charge in [0.2, 0.25) is 5.43 Å². The van der Waals surface area contributed by atoms with Crippen molar-refractivity contribution in [1.82, 2.24) is 19.6 Å². The molecule has 4 aromatic rings. The van der Waals surface area contributed by atoms with Crippen molar-refractivity contribution in [2.24, 2.45) is 7.05 Å². The average molecular weight is 374 g/mol. The Morgan fingerprint density at radius 2 is 1.79 bits per heavy atom. The first-order chi connectivity index (χ1) is 13.5. The van der Waals surface area contributed by atoms with E-state index in [4.69, 9.17) is 4.74 Å². The number of hydrogen-bond acceptors (Lipinski definition) is 4. The van der Waals surface area contributed by atoms with Gasteiger partial charge in [0.25, 0.3) is 0 Å². The van der Waals surface area contributed by atoms with E-state index in [1.165, 1.54) is 11.1 Å². The molecule has 0 radical (unpaired) electrons. The van der Waals surface area contributed by atoms with E-state index >= 15 is 0 Å². The van der Waals surface area contributed by atoms with E-state index in [2.05, 4.69) is 30.2 Å². The number of rotatable bonds is 5. The summed E-state index contributed by atoms with van der Waals surface area (Å²) >= 11 is 0. The third kappa shape index (κ3) is 3.53. The van der Waals surface area contributed by atoms with E-state index in [-0.39, 0.29) is 5.43 Å². The highest BCUT2D eigenvalue weighted by Crippen LogP contribution is 2.18. The van der Waals surface area contributed by atoms with Crippen molar-refractivity contribution in [2.45, 2.75) is 27.0 Å². The summed E-state index contributed by atoms with van der Waals surface area (Å²) in [5, 5.41) is 8.51. The second-order valence-electron chi connectivity index (χ2n) is 7.05. The Kier molecular flexibility index (Phi) is 4.69. The quantitative estimate of drug-likeness (QED) is 0.537. The molecule has 6 heteroatoms. The SMILES string of the molecule is Cc1cc2nnn(Cc3cc(=O)c(OCc4ccccc4)cn3C)c2cc1C. The van der Waals surface area contributed by atoms with Crippen LogP contribution in [0.2, 0.25) is 0 Å². The molecule has 2 aromatic carbocycles. The van der Waals surface area contributed by atoms with Crippen LogP contribution in [-0.4, -0.2) is 19.6 Å². The predicted octanol–water partition coefficient (Wildman–Crippen LogP) is 3.37. The van der Waals surface area contributed by atoms with Gasteiger partial charge in [-0.15, -0.1) is 5.10 Å². The fourth-order valence-electron chi connectivity index (χ4n) is 3.14. The molecule has 2 aromatic heterocycles. The lowest BCUT2D eigenvalue weighted by Crippen LogP contribution is -2.16. The zero-order valence-corrected chi connectivity index (χ0v) is 16.2. The summed E-state index contributed by atoms with van der Waals surface area (Å²) in [5.41, 5.74) is 5.91. The number of pyridine rings is 1. The van der Waals surface area contributed by atoms with Gasteiger partial charge in [-0.1, -0.05) is 35.5 Å². The number of nitrogens with zero attached hydrogens (tertiary/aromatic N) is 4. The van der Waals surface area contributed by atoms with Gasteiger partial charge < -0.3 is 9.30 Å². The maximum Gasteiger partial charge on any atom is 0.223 e. The summed E-state index contributed by atoms with van der Waals surface area (Å²) < 4.78 is 9.44. The van der Waals surface area contributed by atoms with Crippen molar-refractivity contribution in [3.63, 3.8) is 0 Å². The van der Waals surface area contributed by atoms with Gasteiger partial charge in [-0.2, -0.15) is 0 Å². The van der Waals surface area contributed by atoms with Crippen LogP contribution in [0.25, 0.3) is 11.0 Å². The van der Waals surface area contributed by atoms with Crippen LogP contribution in [0.4, 0.5) is 0 Å². The minimum absolute atomic E-state index is 0.138. The average Bonchev–Trinajstić information content (AvgIpc) is 3.06. The minimum Gasteiger partial charge on any atom is -0.483 e. The number of ether oxygens (including phenoxy) is 1. The molecule has 0 fully saturated rings. The van der Waals surface area contributed by atoms with Gasteiger partial charge in [0.1, 0.15) is 12.1 Å². The first-order valence-corrected chi connectivity index (χ1v) is 9.18. The maximum atomic E-state index is 12.5. The van der Waals surface area contributed by atoms with Crippen LogP contribution in [0.15, 0.2) is 59.5 Å². The molecule has 142 valence electrons. The molecule has 28 heavy (non-hydrogen) atoms. The van der Waals surface area contributed by atoms with Crippen LogP contribution in [0.5, 0.6) is 5.75 Å². The topological polar surface area (TPSA) is 61.9 Å². The fourth-order valence-corrected chi connectivity index (χ4v) is 3.14. The largest absolute Gasteiger partial charge is 0.483 e.